The monoisotopic (exact) mass is 144 g/mol. The zero-order chi connectivity index (χ0) is 7.98. The summed E-state index contributed by atoms with van der Waals surface area (Å²) in [5, 5.41) is 0. The van der Waals surface area contributed by atoms with Crippen LogP contribution in [0.5, 0.6) is 0 Å². The maximum absolute atomic E-state index is 5.25. The molecular weight excluding hydrogens is 124 g/mol. The maximum atomic E-state index is 5.25. The van der Waals surface area contributed by atoms with Crippen molar-refractivity contribution in [2.24, 2.45) is 11.8 Å². The molecule has 0 aromatic rings. The first-order valence-electron chi connectivity index (χ1n) is 4.16. The molecule has 10 heavy (non-hydrogen) atoms. The van der Waals surface area contributed by atoms with Crippen molar-refractivity contribution in [3.05, 3.63) is 0 Å². The predicted molar refractivity (Wildman–Crippen MR) is 45.5 cm³/mol. The standard InChI is InChI=1S/C8H20N2/c1-4-7(2)5-6-8(3)10-9/h7-8,10H,4-6,9H2,1-3H3. The Kier molecular flexibility index (Phi) is 5.64. The molecule has 2 nitrogen and oxygen atoms in total. The van der Waals surface area contributed by atoms with E-state index in [-0.39, 0.29) is 0 Å². The van der Waals surface area contributed by atoms with Gasteiger partial charge in [0.25, 0.3) is 0 Å². The topological polar surface area (TPSA) is 38.0 Å². The average molecular weight is 144 g/mol. The highest BCUT2D eigenvalue weighted by atomic mass is 15.2. The molecule has 0 saturated carbocycles. The zero-order valence-electron chi connectivity index (χ0n) is 7.35. The summed E-state index contributed by atoms with van der Waals surface area (Å²) >= 11 is 0. The molecular formula is C8H20N2. The van der Waals surface area contributed by atoms with Gasteiger partial charge in [-0.3, -0.25) is 11.3 Å². The first kappa shape index (κ1) is 9.92. The van der Waals surface area contributed by atoms with Gasteiger partial charge in [0.15, 0.2) is 0 Å². The van der Waals surface area contributed by atoms with Gasteiger partial charge in [0.05, 0.1) is 0 Å². The van der Waals surface area contributed by atoms with E-state index in [1.165, 1.54) is 19.3 Å². The molecule has 0 amide bonds. The minimum absolute atomic E-state index is 0.467. The van der Waals surface area contributed by atoms with Crippen molar-refractivity contribution in [3.63, 3.8) is 0 Å². The maximum Gasteiger partial charge on any atom is 0.0182 e. The molecule has 0 saturated heterocycles. The summed E-state index contributed by atoms with van der Waals surface area (Å²) < 4.78 is 0. The summed E-state index contributed by atoms with van der Waals surface area (Å²) in [6.45, 7) is 6.62. The van der Waals surface area contributed by atoms with Gasteiger partial charge in [0, 0.05) is 6.04 Å². The molecule has 0 aliphatic carbocycles. The van der Waals surface area contributed by atoms with Crippen molar-refractivity contribution in [2.75, 3.05) is 0 Å². The van der Waals surface area contributed by atoms with Crippen LogP contribution in [0.3, 0.4) is 0 Å². The van der Waals surface area contributed by atoms with E-state index in [0.717, 1.165) is 5.92 Å². The molecule has 0 radical (unpaired) electrons. The van der Waals surface area contributed by atoms with E-state index in [9.17, 15) is 0 Å². The second-order valence-corrected chi connectivity index (χ2v) is 3.16. The predicted octanol–water partition coefficient (Wildman–Crippen LogP) is 1.66. The van der Waals surface area contributed by atoms with Crippen LogP contribution in [0.15, 0.2) is 0 Å². The molecule has 0 aromatic heterocycles. The van der Waals surface area contributed by atoms with Crippen molar-refractivity contribution in [1.29, 1.82) is 0 Å². The Bertz CT molecular complexity index is 63.7. The average Bonchev–Trinajstić information content (AvgIpc) is 1.99. The number of hydrogen-bond donors (Lipinski definition) is 2. The van der Waals surface area contributed by atoms with Crippen LogP contribution < -0.4 is 11.3 Å². The molecule has 0 spiro atoms. The van der Waals surface area contributed by atoms with Crippen molar-refractivity contribution < 1.29 is 0 Å². The number of nitrogens with one attached hydrogen (secondary N) is 1. The van der Waals surface area contributed by atoms with Gasteiger partial charge in [0.2, 0.25) is 0 Å². The largest absolute Gasteiger partial charge is 0.271 e. The van der Waals surface area contributed by atoms with Crippen LogP contribution in [0.2, 0.25) is 0 Å². The van der Waals surface area contributed by atoms with Gasteiger partial charge in [-0.15, -0.1) is 0 Å². The molecule has 0 aliphatic rings. The summed E-state index contributed by atoms with van der Waals surface area (Å²) in [6, 6.07) is 0.467. The summed E-state index contributed by atoms with van der Waals surface area (Å²) in [5.74, 6) is 6.09. The van der Waals surface area contributed by atoms with E-state index in [2.05, 4.69) is 26.2 Å². The van der Waals surface area contributed by atoms with E-state index >= 15 is 0 Å². The van der Waals surface area contributed by atoms with E-state index in [4.69, 9.17) is 5.84 Å². The molecule has 0 aromatic carbocycles. The van der Waals surface area contributed by atoms with Crippen molar-refractivity contribution >= 4 is 0 Å². The Labute approximate surface area is 64.2 Å². The molecule has 2 unspecified atom stereocenters. The van der Waals surface area contributed by atoms with Gasteiger partial charge in [-0.05, 0) is 25.7 Å². The minimum Gasteiger partial charge on any atom is -0.271 e. The van der Waals surface area contributed by atoms with Gasteiger partial charge in [-0.25, -0.2) is 0 Å². The molecule has 0 bridgehead atoms. The smallest absolute Gasteiger partial charge is 0.0182 e. The summed E-state index contributed by atoms with van der Waals surface area (Å²) in [7, 11) is 0. The van der Waals surface area contributed by atoms with Gasteiger partial charge in [-0.2, -0.15) is 0 Å². The zero-order valence-corrected chi connectivity index (χ0v) is 7.35. The van der Waals surface area contributed by atoms with Crippen molar-refractivity contribution in [3.8, 4) is 0 Å². The fourth-order valence-electron chi connectivity index (χ4n) is 0.822. The molecule has 0 fully saturated rings. The normalized spacial score (nSPS) is 16.8. The Balaban J connectivity index is 3.17. The highest BCUT2D eigenvalue weighted by molar-refractivity contribution is 4.58. The Morgan fingerprint density at radius 2 is 1.90 bits per heavy atom. The van der Waals surface area contributed by atoms with Gasteiger partial charge >= 0.3 is 0 Å². The van der Waals surface area contributed by atoms with Crippen LogP contribution in [0, 0.1) is 5.92 Å². The molecule has 0 rings (SSSR count). The molecule has 0 aliphatic heterocycles. The highest BCUT2D eigenvalue weighted by Crippen LogP contribution is 2.10. The van der Waals surface area contributed by atoms with Gasteiger partial charge < -0.3 is 0 Å². The Hall–Kier alpha value is -0.0800. The second-order valence-electron chi connectivity index (χ2n) is 3.16. The first-order valence-corrected chi connectivity index (χ1v) is 4.16. The lowest BCUT2D eigenvalue weighted by atomic mass is 10.0. The lowest BCUT2D eigenvalue weighted by Crippen LogP contribution is -2.32. The summed E-state index contributed by atoms with van der Waals surface area (Å²) in [6.07, 6.45) is 3.74. The van der Waals surface area contributed by atoms with Crippen LogP contribution in [0.1, 0.15) is 40.0 Å². The van der Waals surface area contributed by atoms with Crippen LogP contribution in [0.25, 0.3) is 0 Å². The lowest BCUT2D eigenvalue weighted by molar-refractivity contribution is 0.432. The molecule has 62 valence electrons. The SMILES string of the molecule is CCC(C)CCC(C)NN. The van der Waals surface area contributed by atoms with E-state index in [0.29, 0.717) is 6.04 Å². The second kappa shape index (κ2) is 5.69. The van der Waals surface area contributed by atoms with Gasteiger partial charge in [-0.1, -0.05) is 20.3 Å². The van der Waals surface area contributed by atoms with Gasteiger partial charge in [0.1, 0.15) is 0 Å². The summed E-state index contributed by atoms with van der Waals surface area (Å²) in [5.41, 5.74) is 2.74. The van der Waals surface area contributed by atoms with Crippen LogP contribution in [-0.4, -0.2) is 6.04 Å². The van der Waals surface area contributed by atoms with Crippen molar-refractivity contribution in [1.82, 2.24) is 5.43 Å². The van der Waals surface area contributed by atoms with Crippen molar-refractivity contribution in [2.45, 2.75) is 46.1 Å². The highest BCUT2D eigenvalue weighted by Gasteiger charge is 2.02. The number of hydrogen-bond acceptors (Lipinski definition) is 2. The third-order valence-electron chi connectivity index (χ3n) is 2.07. The van der Waals surface area contributed by atoms with E-state index in [1.807, 2.05) is 0 Å². The third-order valence-corrected chi connectivity index (χ3v) is 2.07. The Morgan fingerprint density at radius 1 is 1.30 bits per heavy atom. The minimum atomic E-state index is 0.467. The first-order chi connectivity index (χ1) is 4.70. The molecule has 2 heteroatoms. The quantitative estimate of drug-likeness (QED) is 0.455. The molecule has 0 heterocycles. The van der Waals surface area contributed by atoms with E-state index in [1.54, 1.807) is 0 Å². The summed E-state index contributed by atoms with van der Waals surface area (Å²) in [4.78, 5) is 0. The molecule has 3 N–H and O–H groups in total. The number of nitrogens with two attached hydrogens (primary N) is 1. The fraction of sp³-hybridized carbons (Fsp3) is 1.00. The third kappa shape index (κ3) is 4.77. The van der Waals surface area contributed by atoms with E-state index < -0.39 is 0 Å². The van der Waals surface area contributed by atoms with Crippen LogP contribution >= 0.6 is 0 Å². The Morgan fingerprint density at radius 3 is 2.30 bits per heavy atom. The van der Waals surface area contributed by atoms with Crippen LogP contribution in [-0.2, 0) is 0 Å². The fourth-order valence-corrected chi connectivity index (χ4v) is 0.822. The number of rotatable bonds is 5. The van der Waals surface area contributed by atoms with Crippen LogP contribution in [0.4, 0.5) is 0 Å². The molecule has 2 atom stereocenters. The number of hydrazine groups is 1. The lowest BCUT2D eigenvalue weighted by Gasteiger charge is -2.12.